The summed E-state index contributed by atoms with van der Waals surface area (Å²) in [6, 6.07) is 10.5. The third kappa shape index (κ3) is 3.34. The van der Waals surface area contributed by atoms with Gasteiger partial charge in [-0.15, -0.1) is 0 Å². The van der Waals surface area contributed by atoms with E-state index in [0.717, 1.165) is 0 Å². The predicted octanol–water partition coefficient (Wildman–Crippen LogP) is 3.54. The van der Waals surface area contributed by atoms with Crippen molar-refractivity contribution in [1.29, 1.82) is 5.26 Å². The number of carbonyl (C=O) groups excluding carboxylic acids is 1. The highest BCUT2D eigenvalue weighted by Crippen LogP contribution is 2.24. The van der Waals surface area contributed by atoms with Crippen LogP contribution in [0.3, 0.4) is 0 Å². The maximum atomic E-state index is 13.7. The Morgan fingerprint density at radius 3 is 2.24 bits per heavy atom. The first kappa shape index (κ1) is 14.5. The van der Waals surface area contributed by atoms with Gasteiger partial charge in [-0.25, -0.2) is 8.78 Å². The molecule has 0 aromatic heterocycles. The Morgan fingerprint density at radius 1 is 1.05 bits per heavy atom. The van der Waals surface area contributed by atoms with Crippen LogP contribution in [0.5, 0.6) is 0 Å². The summed E-state index contributed by atoms with van der Waals surface area (Å²) in [7, 11) is 0. The lowest BCUT2D eigenvalue weighted by Gasteiger charge is -2.09. The van der Waals surface area contributed by atoms with E-state index in [1.54, 1.807) is 30.3 Å². The van der Waals surface area contributed by atoms with Gasteiger partial charge in [0.05, 0.1) is 11.3 Å². The summed E-state index contributed by atoms with van der Waals surface area (Å²) in [5.74, 6) is -2.49. The van der Waals surface area contributed by atoms with Crippen molar-refractivity contribution in [2.75, 3.05) is 10.6 Å². The number of carbonyl (C=O) groups is 1. The normalized spacial score (nSPS) is 9.81. The highest BCUT2D eigenvalue weighted by Gasteiger charge is 2.13. The molecule has 6 heteroatoms. The Morgan fingerprint density at radius 2 is 1.67 bits per heavy atom. The predicted molar refractivity (Wildman–Crippen MR) is 75.1 cm³/mol. The van der Waals surface area contributed by atoms with Gasteiger partial charge in [0, 0.05) is 18.3 Å². The molecular formula is C15H11F2N3O. The van der Waals surface area contributed by atoms with Crippen LogP contribution in [0.4, 0.5) is 25.8 Å². The van der Waals surface area contributed by atoms with Crippen molar-refractivity contribution in [1.82, 2.24) is 0 Å². The highest BCUT2D eigenvalue weighted by atomic mass is 19.2. The van der Waals surface area contributed by atoms with Gasteiger partial charge in [0.15, 0.2) is 11.6 Å². The molecule has 0 aliphatic heterocycles. The lowest BCUT2D eigenvalue weighted by Crippen LogP contribution is -2.05. The first-order chi connectivity index (χ1) is 10.0. The molecule has 0 atom stereocenters. The van der Waals surface area contributed by atoms with E-state index in [-0.39, 0.29) is 17.2 Å². The van der Waals surface area contributed by atoms with Gasteiger partial charge in [-0.2, -0.15) is 5.26 Å². The second-order valence-electron chi connectivity index (χ2n) is 4.28. The summed E-state index contributed by atoms with van der Waals surface area (Å²) in [6.45, 7) is 1.39. The summed E-state index contributed by atoms with van der Waals surface area (Å²) < 4.78 is 27.2. The standard InChI is InChI=1S/C15H11F2N3O/c1-9(21)19-11-3-5-12(6-4-11)20-13-7-2-10(8-18)14(16)15(13)17/h2-7,20H,1H3,(H,19,21). The van der Waals surface area contributed by atoms with Crippen molar-refractivity contribution in [2.24, 2.45) is 0 Å². The van der Waals surface area contributed by atoms with Gasteiger partial charge in [0.2, 0.25) is 5.91 Å². The largest absolute Gasteiger partial charge is 0.353 e. The van der Waals surface area contributed by atoms with Gasteiger partial charge in [-0.1, -0.05) is 0 Å². The quantitative estimate of drug-likeness (QED) is 0.907. The molecule has 106 valence electrons. The lowest BCUT2D eigenvalue weighted by atomic mass is 10.2. The second kappa shape index (κ2) is 6.01. The minimum atomic E-state index is -1.18. The highest BCUT2D eigenvalue weighted by molar-refractivity contribution is 5.88. The number of nitrogens with one attached hydrogen (secondary N) is 2. The van der Waals surface area contributed by atoms with Crippen LogP contribution in [-0.2, 0) is 4.79 Å². The molecular weight excluding hydrogens is 276 g/mol. The molecule has 0 heterocycles. The Bertz CT molecular complexity index is 721. The van der Waals surface area contributed by atoms with E-state index in [2.05, 4.69) is 10.6 Å². The van der Waals surface area contributed by atoms with Crippen LogP contribution in [0, 0.1) is 23.0 Å². The van der Waals surface area contributed by atoms with E-state index >= 15 is 0 Å². The number of nitrogens with zero attached hydrogens (tertiary/aromatic N) is 1. The maximum absolute atomic E-state index is 13.7. The maximum Gasteiger partial charge on any atom is 0.221 e. The minimum absolute atomic E-state index is 0.0706. The molecule has 1 amide bonds. The molecule has 2 aromatic carbocycles. The Labute approximate surface area is 120 Å². The molecule has 2 N–H and O–H groups in total. The monoisotopic (exact) mass is 287 g/mol. The SMILES string of the molecule is CC(=O)Nc1ccc(Nc2ccc(C#N)c(F)c2F)cc1. The average molecular weight is 287 g/mol. The van der Waals surface area contributed by atoms with Crippen LogP contribution < -0.4 is 10.6 Å². The van der Waals surface area contributed by atoms with E-state index in [1.807, 2.05) is 0 Å². The third-order valence-electron chi connectivity index (χ3n) is 2.69. The zero-order valence-electron chi connectivity index (χ0n) is 11.1. The summed E-state index contributed by atoms with van der Waals surface area (Å²) >= 11 is 0. The topological polar surface area (TPSA) is 64.9 Å². The van der Waals surface area contributed by atoms with Gasteiger partial charge in [0.25, 0.3) is 0 Å². The van der Waals surface area contributed by atoms with Gasteiger partial charge in [-0.05, 0) is 36.4 Å². The molecule has 0 saturated carbocycles. The molecule has 0 aliphatic rings. The molecule has 0 spiro atoms. The molecule has 0 radical (unpaired) electrons. The fourth-order valence-electron chi connectivity index (χ4n) is 1.73. The van der Waals surface area contributed by atoms with Crippen LogP contribution in [-0.4, -0.2) is 5.91 Å². The summed E-state index contributed by atoms with van der Waals surface area (Å²) in [4.78, 5) is 10.9. The van der Waals surface area contributed by atoms with Gasteiger partial charge in [0.1, 0.15) is 6.07 Å². The molecule has 0 saturated heterocycles. The molecule has 21 heavy (non-hydrogen) atoms. The smallest absolute Gasteiger partial charge is 0.221 e. The van der Waals surface area contributed by atoms with E-state index in [9.17, 15) is 13.6 Å². The van der Waals surface area contributed by atoms with Crippen molar-refractivity contribution in [2.45, 2.75) is 6.92 Å². The first-order valence-electron chi connectivity index (χ1n) is 6.04. The lowest BCUT2D eigenvalue weighted by molar-refractivity contribution is -0.114. The van der Waals surface area contributed by atoms with E-state index in [0.29, 0.717) is 11.4 Å². The number of benzene rings is 2. The van der Waals surface area contributed by atoms with Crippen molar-refractivity contribution in [3.8, 4) is 6.07 Å². The Balaban J connectivity index is 2.21. The number of nitriles is 1. The average Bonchev–Trinajstić information content (AvgIpc) is 2.45. The number of amides is 1. The summed E-state index contributed by atoms with van der Waals surface area (Å²) in [5.41, 5.74) is 0.699. The van der Waals surface area contributed by atoms with E-state index in [4.69, 9.17) is 5.26 Å². The van der Waals surface area contributed by atoms with Crippen LogP contribution in [0.1, 0.15) is 12.5 Å². The van der Waals surface area contributed by atoms with Gasteiger partial charge in [-0.3, -0.25) is 4.79 Å². The molecule has 2 rings (SSSR count). The van der Waals surface area contributed by atoms with Crippen LogP contribution in [0.2, 0.25) is 0 Å². The molecule has 0 unspecified atom stereocenters. The van der Waals surface area contributed by atoms with Crippen molar-refractivity contribution >= 4 is 23.0 Å². The van der Waals surface area contributed by atoms with Gasteiger partial charge < -0.3 is 10.6 Å². The fourth-order valence-corrected chi connectivity index (χ4v) is 1.73. The molecule has 2 aromatic rings. The number of anilines is 3. The van der Waals surface area contributed by atoms with Gasteiger partial charge >= 0.3 is 0 Å². The Hall–Kier alpha value is -2.94. The number of hydrogen-bond acceptors (Lipinski definition) is 3. The van der Waals surface area contributed by atoms with Crippen LogP contribution in [0.25, 0.3) is 0 Å². The van der Waals surface area contributed by atoms with Crippen LogP contribution >= 0.6 is 0 Å². The zero-order chi connectivity index (χ0) is 15.4. The summed E-state index contributed by atoms with van der Waals surface area (Å²) in [6.07, 6.45) is 0. The number of halogens is 2. The van der Waals surface area contributed by atoms with E-state index in [1.165, 1.54) is 19.1 Å². The third-order valence-corrected chi connectivity index (χ3v) is 2.69. The molecule has 0 fully saturated rings. The Kier molecular flexibility index (Phi) is 4.14. The zero-order valence-corrected chi connectivity index (χ0v) is 11.1. The molecule has 0 bridgehead atoms. The molecule has 4 nitrogen and oxygen atoms in total. The van der Waals surface area contributed by atoms with Crippen LogP contribution in [0.15, 0.2) is 36.4 Å². The second-order valence-corrected chi connectivity index (χ2v) is 4.28. The minimum Gasteiger partial charge on any atom is -0.353 e. The fraction of sp³-hybridized carbons (Fsp3) is 0.0667. The van der Waals surface area contributed by atoms with E-state index < -0.39 is 11.6 Å². The van der Waals surface area contributed by atoms with Crippen molar-refractivity contribution in [3.63, 3.8) is 0 Å². The van der Waals surface area contributed by atoms with Crippen molar-refractivity contribution in [3.05, 3.63) is 53.6 Å². The number of rotatable bonds is 3. The summed E-state index contributed by atoms with van der Waals surface area (Å²) in [5, 5.41) is 13.9. The molecule has 0 aliphatic carbocycles. The first-order valence-corrected chi connectivity index (χ1v) is 6.04. The number of hydrogen-bond donors (Lipinski definition) is 2. The van der Waals surface area contributed by atoms with Crippen molar-refractivity contribution < 1.29 is 13.6 Å².